The Morgan fingerprint density at radius 2 is 2.00 bits per heavy atom. The lowest BCUT2D eigenvalue weighted by molar-refractivity contribution is -0.137. The molecule has 0 saturated carbocycles. The highest BCUT2D eigenvalue weighted by atomic mass is 32.1. The van der Waals surface area contributed by atoms with E-state index in [1.165, 1.54) is 6.20 Å². The van der Waals surface area contributed by atoms with E-state index in [0.717, 1.165) is 16.7 Å². The van der Waals surface area contributed by atoms with Crippen LogP contribution in [0.15, 0.2) is 42.7 Å². The second-order valence-corrected chi connectivity index (χ2v) is 8.02. The number of pyridine rings is 1. The summed E-state index contributed by atoms with van der Waals surface area (Å²) in [7, 11) is 0. The summed E-state index contributed by atoms with van der Waals surface area (Å²) in [6, 6.07) is 9.09. The van der Waals surface area contributed by atoms with Crippen molar-refractivity contribution in [3.63, 3.8) is 0 Å². The number of benzene rings is 1. The van der Waals surface area contributed by atoms with Crippen LogP contribution < -0.4 is 0 Å². The second kappa shape index (κ2) is 6.36. The number of hydrogen-bond acceptors (Lipinski definition) is 5. The maximum atomic E-state index is 12.9. The number of aromatic nitrogens is 2. The van der Waals surface area contributed by atoms with Crippen molar-refractivity contribution in [3.8, 4) is 10.6 Å². The van der Waals surface area contributed by atoms with Gasteiger partial charge in [-0.1, -0.05) is 18.2 Å². The lowest BCUT2D eigenvalue weighted by atomic mass is 9.98. The smallest absolute Gasteiger partial charge is 0.342 e. The Bertz CT molecular complexity index is 1130. The summed E-state index contributed by atoms with van der Waals surface area (Å²) in [6.45, 7) is 2.15. The SMILES string of the molecule is Cc1cnc(-c2cnc(C(F)(F)F)s2)cc1CN1C(=O)c2ccccc2C2OC21. The van der Waals surface area contributed by atoms with E-state index >= 15 is 0 Å². The van der Waals surface area contributed by atoms with Gasteiger partial charge >= 0.3 is 6.18 Å². The predicted molar refractivity (Wildman–Crippen MR) is 99.0 cm³/mol. The molecule has 148 valence electrons. The van der Waals surface area contributed by atoms with Crippen LogP contribution in [0.3, 0.4) is 0 Å². The number of hydrogen-bond donors (Lipinski definition) is 0. The van der Waals surface area contributed by atoms with Gasteiger partial charge in [-0.05, 0) is 35.7 Å². The van der Waals surface area contributed by atoms with E-state index in [1.54, 1.807) is 23.2 Å². The van der Waals surface area contributed by atoms with Gasteiger partial charge in [-0.15, -0.1) is 11.3 Å². The molecule has 0 N–H and O–H groups in total. The molecule has 0 radical (unpaired) electrons. The lowest BCUT2D eigenvalue weighted by Gasteiger charge is -2.26. The standard InChI is InChI=1S/C20H14F3N3O2S/c1-10-7-24-14(15-8-25-19(29-15)20(21,22)23)6-11(10)9-26-17(27)13-5-3-2-4-12(13)16-18(26)28-16/h2-8,16,18H,9H2,1H3. The van der Waals surface area contributed by atoms with Gasteiger partial charge < -0.3 is 9.64 Å². The molecule has 1 aromatic carbocycles. The largest absolute Gasteiger partial charge is 0.443 e. The van der Waals surface area contributed by atoms with Crippen LogP contribution >= 0.6 is 11.3 Å². The molecule has 1 saturated heterocycles. The first-order valence-electron chi connectivity index (χ1n) is 8.87. The first kappa shape index (κ1) is 18.3. The van der Waals surface area contributed by atoms with E-state index in [4.69, 9.17) is 4.74 Å². The Morgan fingerprint density at radius 3 is 2.76 bits per heavy atom. The van der Waals surface area contributed by atoms with Crippen molar-refractivity contribution in [2.75, 3.05) is 0 Å². The van der Waals surface area contributed by atoms with Gasteiger partial charge in [0.15, 0.2) is 11.2 Å². The molecule has 1 fully saturated rings. The van der Waals surface area contributed by atoms with Crippen molar-refractivity contribution >= 4 is 17.2 Å². The van der Waals surface area contributed by atoms with E-state index < -0.39 is 11.2 Å². The topological polar surface area (TPSA) is 58.6 Å². The van der Waals surface area contributed by atoms with E-state index in [1.807, 2.05) is 25.1 Å². The molecule has 0 spiro atoms. The van der Waals surface area contributed by atoms with Gasteiger partial charge in [0.25, 0.3) is 5.91 Å². The molecule has 2 aromatic heterocycles. The second-order valence-electron chi connectivity index (χ2n) is 6.99. The van der Waals surface area contributed by atoms with Gasteiger partial charge in [-0.3, -0.25) is 9.78 Å². The Labute approximate surface area is 167 Å². The van der Waals surface area contributed by atoms with E-state index in [-0.39, 0.29) is 18.2 Å². The highest BCUT2D eigenvalue weighted by molar-refractivity contribution is 7.15. The molecule has 2 unspecified atom stereocenters. The fourth-order valence-corrected chi connectivity index (χ4v) is 4.27. The molecular formula is C20H14F3N3O2S. The molecular weight excluding hydrogens is 403 g/mol. The van der Waals surface area contributed by atoms with Crippen molar-refractivity contribution in [2.45, 2.75) is 32.0 Å². The number of carbonyl (C=O) groups is 1. The van der Waals surface area contributed by atoms with Gasteiger partial charge in [-0.2, -0.15) is 13.2 Å². The third-order valence-electron chi connectivity index (χ3n) is 5.09. The molecule has 0 aliphatic carbocycles. The Kier molecular flexibility index (Phi) is 4.01. The minimum Gasteiger partial charge on any atom is -0.342 e. The molecule has 1 amide bonds. The number of nitrogens with zero attached hydrogens (tertiary/aromatic N) is 3. The number of fused-ring (bicyclic) bond motifs is 3. The average molecular weight is 417 g/mol. The molecule has 5 nitrogen and oxygen atoms in total. The highest BCUT2D eigenvalue weighted by Crippen LogP contribution is 2.47. The first-order valence-corrected chi connectivity index (χ1v) is 9.69. The molecule has 2 aliphatic heterocycles. The summed E-state index contributed by atoms with van der Waals surface area (Å²) in [5.41, 5.74) is 3.57. The number of rotatable bonds is 3. The minimum absolute atomic E-state index is 0.116. The fraction of sp³-hybridized carbons (Fsp3) is 0.250. The summed E-state index contributed by atoms with van der Waals surface area (Å²) in [5.74, 6) is -0.116. The minimum atomic E-state index is -4.48. The highest BCUT2D eigenvalue weighted by Gasteiger charge is 2.52. The lowest BCUT2D eigenvalue weighted by Crippen LogP contribution is -2.37. The Hall–Kier alpha value is -2.78. The summed E-state index contributed by atoms with van der Waals surface area (Å²) in [5, 5.41) is -0.909. The summed E-state index contributed by atoms with van der Waals surface area (Å²) < 4.78 is 44.3. The average Bonchev–Trinajstić information content (AvgIpc) is 3.32. The normalized spacial score (nSPS) is 20.4. The van der Waals surface area contributed by atoms with Crippen LogP contribution in [-0.4, -0.2) is 27.0 Å². The summed E-state index contributed by atoms with van der Waals surface area (Å²) in [6.07, 6.45) is -2.14. The zero-order valence-electron chi connectivity index (χ0n) is 15.1. The molecule has 2 atom stereocenters. The van der Waals surface area contributed by atoms with Crippen LogP contribution in [0.2, 0.25) is 0 Å². The van der Waals surface area contributed by atoms with Crippen molar-refractivity contribution in [3.05, 3.63) is 70.0 Å². The van der Waals surface area contributed by atoms with E-state index in [9.17, 15) is 18.0 Å². The molecule has 4 heterocycles. The third-order valence-corrected chi connectivity index (χ3v) is 6.15. The Morgan fingerprint density at radius 1 is 1.21 bits per heavy atom. The van der Waals surface area contributed by atoms with Crippen LogP contribution in [0.1, 0.15) is 38.2 Å². The Balaban J connectivity index is 1.45. The van der Waals surface area contributed by atoms with Crippen molar-refractivity contribution in [1.29, 1.82) is 0 Å². The van der Waals surface area contributed by atoms with Crippen LogP contribution in [0.25, 0.3) is 10.6 Å². The van der Waals surface area contributed by atoms with Crippen molar-refractivity contribution in [1.82, 2.24) is 14.9 Å². The zero-order valence-corrected chi connectivity index (χ0v) is 15.9. The van der Waals surface area contributed by atoms with Crippen molar-refractivity contribution in [2.24, 2.45) is 0 Å². The van der Waals surface area contributed by atoms with E-state index in [2.05, 4.69) is 9.97 Å². The monoisotopic (exact) mass is 417 g/mol. The fourth-order valence-electron chi connectivity index (χ4n) is 3.52. The molecule has 9 heteroatoms. The number of ether oxygens (including phenoxy) is 1. The van der Waals surface area contributed by atoms with E-state index in [0.29, 0.717) is 34.0 Å². The summed E-state index contributed by atoms with van der Waals surface area (Å²) >= 11 is 0.550. The zero-order chi connectivity index (χ0) is 20.3. The molecule has 29 heavy (non-hydrogen) atoms. The van der Waals surface area contributed by atoms with Gasteiger partial charge in [0.2, 0.25) is 0 Å². The van der Waals surface area contributed by atoms with Gasteiger partial charge in [0.1, 0.15) is 6.10 Å². The number of alkyl halides is 3. The van der Waals surface area contributed by atoms with Gasteiger partial charge in [-0.25, -0.2) is 4.98 Å². The quantitative estimate of drug-likeness (QED) is 0.585. The molecule has 3 aromatic rings. The van der Waals surface area contributed by atoms with Gasteiger partial charge in [0.05, 0.1) is 10.6 Å². The summed E-state index contributed by atoms with van der Waals surface area (Å²) in [4.78, 5) is 22.6. The molecule has 2 aliphatic rings. The number of amides is 1. The van der Waals surface area contributed by atoms with Crippen LogP contribution in [0.4, 0.5) is 13.2 Å². The third kappa shape index (κ3) is 3.10. The number of thiazole rings is 1. The molecule has 5 rings (SSSR count). The number of epoxide rings is 1. The first-order chi connectivity index (χ1) is 13.8. The maximum absolute atomic E-state index is 12.9. The van der Waals surface area contributed by atoms with Gasteiger partial charge in [0, 0.05) is 24.5 Å². The molecule has 0 bridgehead atoms. The number of carbonyl (C=O) groups excluding carboxylic acids is 1. The number of aryl methyl sites for hydroxylation is 1. The predicted octanol–water partition coefficient (Wildman–Crippen LogP) is 4.59. The van der Waals surface area contributed by atoms with Crippen molar-refractivity contribution < 1.29 is 22.7 Å². The van der Waals surface area contributed by atoms with Crippen LogP contribution in [0.5, 0.6) is 0 Å². The number of halogens is 3. The van der Waals surface area contributed by atoms with Crippen LogP contribution in [0, 0.1) is 6.92 Å². The maximum Gasteiger partial charge on any atom is 0.443 e. The van der Waals surface area contributed by atoms with Crippen LogP contribution in [-0.2, 0) is 17.5 Å².